The molecule has 0 bridgehead atoms. The quantitative estimate of drug-likeness (QED) is 0.191. The lowest BCUT2D eigenvalue weighted by Gasteiger charge is -2.33. The van der Waals surface area contributed by atoms with Gasteiger partial charge in [0.1, 0.15) is 0 Å². The van der Waals surface area contributed by atoms with Crippen molar-refractivity contribution in [2.24, 2.45) is 0 Å². The first-order valence-electron chi connectivity index (χ1n) is 6.66. The van der Waals surface area contributed by atoms with E-state index in [1.165, 1.54) is 52.0 Å². The topological polar surface area (TPSA) is 35.6 Å². The molecule has 1 heterocycles. The van der Waals surface area contributed by atoms with Gasteiger partial charge in [-0.3, -0.25) is 9.69 Å². The van der Waals surface area contributed by atoms with Crippen molar-refractivity contribution < 1.29 is 4.79 Å². The fourth-order valence-electron chi connectivity index (χ4n) is 2.13. The molecule has 1 amide bonds. The first-order valence-corrected chi connectivity index (χ1v) is 9.27. The molecular formula is C12H23I2N3O. The van der Waals surface area contributed by atoms with Crippen LogP contribution in [0.4, 0.5) is 4.79 Å². The van der Waals surface area contributed by atoms with Crippen LogP contribution in [0.5, 0.6) is 0 Å². The lowest BCUT2D eigenvalue weighted by molar-refractivity contribution is 0.149. The highest BCUT2D eigenvalue weighted by Crippen LogP contribution is 2.06. The molecule has 6 heteroatoms. The Hall–Kier alpha value is 0.850. The van der Waals surface area contributed by atoms with E-state index in [0.717, 1.165) is 17.5 Å². The zero-order valence-corrected chi connectivity index (χ0v) is 15.2. The second-order valence-corrected chi connectivity index (χ2v) is 6.36. The highest BCUT2D eigenvalue weighted by atomic mass is 127. The van der Waals surface area contributed by atoms with Crippen molar-refractivity contribution in [3.63, 3.8) is 0 Å². The molecule has 4 nitrogen and oxygen atoms in total. The van der Waals surface area contributed by atoms with Gasteiger partial charge in [0.25, 0.3) is 3.91 Å². The summed E-state index contributed by atoms with van der Waals surface area (Å²) in [4.78, 5) is 15.7. The van der Waals surface area contributed by atoms with Crippen LogP contribution in [0, 0.1) is 0 Å². The highest BCUT2D eigenvalue weighted by molar-refractivity contribution is 14.1. The van der Waals surface area contributed by atoms with Gasteiger partial charge in [0.15, 0.2) is 0 Å². The van der Waals surface area contributed by atoms with Crippen LogP contribution in [0.2, 0.25) is 0 Å². The zero-order valence-electron chi connectivity index (χ0n) is 10.8. The van der Waals surface area contributed by atoms with E-state index in [1.54, 1.807) is 22.6 Å². The van der Waals surface area contributed by atoms with Crippen LogP contribution in [0.1, 0.15) is 25.7 Å². The average molecular weight is 479 g/mol. The zero-order chi connectivity index (χ0) is 13.2. The monoisotopic (exact) mass is 479 g/mol. The summed E-state index contributed by atoms with van der Waals surface area (Å²) < 4.78 is 1.22. The molecule has 0 aliphatic carbocycles. The first-order chi connectivity index (χ1) is 8.72. The summed E-state index contributed by atoms with van der Waals surface area (Å²) in [6.45, 7) is 6.99. The number of carbonyl (C=O) groups is 1. The maximum Gasteiger partial charge on any atom is 0.280 e. The van der Waals surface area contributed by atoms with E-state index in [0.29, 0.717) is 0 Å². The van der Waals surface area contributed by atoms with E-state index in [-0.39, 0.29) is 3.91 Å². The molecule has 0 atom stereocenters. The van der Waals surface area contributed by atoms with Crippen LogP contribution >= 0.6 is 45.2 Å². The van der Waals surface area contributed by atoms with Crippen molar-refractivity contribution in [1.82, 2.24) is 15.1 Å². The summed E-state index contributed by atoms with van der Waals surface area (Å²) in [5, 5.41) is 2.83. The second kappa shape index (κ2) is 10.6. The van der Waals surface area contributed by atoms with Gasteiger partial charge in [0.05, 0.1) is 4.55 Å². The van der Waals surface area contributed by atoms with Crippen LogP contribution in [0.3, 0.4) is 0 Å². The Kier molecular flexibility index (Phi) is 9.97. The standard InChI is InChI=1S/C12H23I2N3O/c13-11-17-9-7-16(8-10-17)6-4-2-1-3-5-15-12(14)18/h1-11H2,(H,15,18). The van der Waals surface area contributed by atoms with E-state index in [9.17, 15) is 4.79 Å². The Bertz CT molecular complexity index is 233. The summed E-state index contributed by atoms with van der Waals surface area (Å²) in [6.07, 6.45) is 4.91. The molecule has 18 heavy (non-hydrogen) atoms. The highest BCUT2D eigenvalue weighted by Gasteiger charge is 2.14. The number of unbranched alkanes of at least 4 members (excludes halogenated alkanes) is 3. The minimum absolute atomic E-state index is 0.0562. The van der Waals surface area contributed by atoms with Crippen LogP contribution in [-0.2, 0) is 0 Å². The Balaban J connectivity index is 1.88. The molecule has 1 rings (SSSR count). The van der Waals surface area contributed by atoms with E-state index in [2.05, 4.69) is 37.7 Å². The van der Waals surface area contributed by atoms with Gasteiger partial charge in [-0.1, -0.05) is 35.4 Å². The molecule has 0 saturated carbocycles. The van der Waals surface area contributed by atoms with Crippen molar-refractivity contribution in [3.05, 3.63) is 0 Å². The number of amides is 1. The van der Waals surface area contributed by atoms with Crippen molar-refractivity contribution in [2.45, 2.75) is 25.7 Å². The van der Waals surface area contributed by atoms with Gasteiger partial charge in [0.2, 0.25) is 0 Å². The SMILES string of the molecule is O=C(I)NCCCCCCN1CCN(CI)CC1. The Morgan fingerprint density at radius 3 is 2.22 bits per heavy atom. The number of piperazine rings is 1. The number of rotatable bonds is 8. The molecule has 0 unspecified atom stereocenters. The normalized spacial score (nSPS) is 17.9. The van der Waals surface area contributed by atoms with E-state index < -0.39 is 0 Å². The van der Waals surface area contributed by atoms with Crippen molar-refractivity contribution in [1.29, 1.82) is 0 Å². The number of carbonyl (C=O) groups excluding carboxylic acids is 1. The van der Waals surface area contributed by atoms with Gasteiger partial charge >= 0.3 is 0 Å². The molecule has 1 N–H and O–H groups in total. The molecular weight excluding hydrogens is 456 g/mol. The number of hydrogen-bond donors (Lipinski definition) is 1. The fraction of sp³-hybridized carbons (Fsp3) is 0.917. The minimum atomic E-state index is 0.0562. The third-order valence-electron chi connectivity index (χ3n) is 3.30. The maximum atomic E-state index is 10.7. The summed E-state index contributed by atoms with van der Waals surface area (Å²) in [5.74, 6) is 0. The summed E-state index contributed by atoms with van der Waals surface area (Å²) in [7, 11) is 0. The molecule has 0 spiro atoms. The number of halogens is 2. The molecule has 1 saturated heterocycles. The Morgan fingerprint density at radius 2 is 1.61 bits per heavy atom. The largest absolute Gasteiger partial charge is 0.348 e. The number of alkyl halides is 1. The van der Waals surface area contributed by atoms with Gasteiger partial charge in [-0.25, -0.2) is 0 Å². The van der Waals surface area contributed by atoms with Gasteiger partial charge in [-0.15, -0.1) is 0 Å². The summed E-state index contributed by atoms with van der Waals surface area (Å²) >= 11 is 4.23. The van der Waals surface area contributed by atoms with Crippen LogP contribution in [0.15, 0.2) is 0 Å². The molecule has 1 aliphatic heterocycles. The molecule has 0 radical (unpaired) electrons. The third kappa shape index (κ3) is 8.11. The smallest absolute Gasteiger partial charge is 0.280 e. The summed E-state index contributed by atoms with van der Waals surface area (Å²) in [5.41, 5.74) is 0. The molecule has 0 aromatic rings. The van der Waals surface area contributed by atoms with Crippen molar-refractivity contribution >= 4 is 49.1 Å². The van der Waals surface area contributed by atoms with Gasteiger partial charge in [-0.2, -0.15) is 0 Å². The van der Waals surface area contributed by atoms with E-state index >= 15 is 0 Å². The van der Waals surface area contributed by atoms with Gasteiger partial charge < -0.3 is 10.2 Å². The van der Waals surface area contributed by atoms with Crippen LogP contribution in [0.25, 0.3) is 0 Å². The number of nitrogens with zero attached hydrogens (tertiary/aromatic N) is 2. The predicted molar refractivity (Wildman–Crippen MR) is 92.8 cm³/mol. The van der Waals surface area contributed by atoms with Crippen LogP contribution in [-0.4, -0.2) is 57.5 Å². The Morgan fingerprint density at radius 1 is 1.00 bits per heavy atom. The van der Waals surface area contributed by atoms with Gasteiger partial charge in [-0.05, 0) is 19.4 Å². The summed E-state index contributed by atoms with van der Waals surface area (Å²) in [6, 6.07) is 0. The third-order valence-corrected chi connectivity index (χ3v) is 4.65. The first kappa shape index (κ1) is 16.9. The number of nitrogens with one attached hydrogen (secondary N) is 1. The van der Waals surface area contributed by atoms with E-state index in [4.69, 9.17) is 0 Å². The lowest BCUT2D eigenvalue weighted by atomic mass is 10.2. The number of hydrogen-bond acceptors (Lipinski definition) is 3. The van der Waals surface area contributed by atoms with Gasteiger partial charge in [0, 0.05) is 55.3 Å². The second-order valence-electron chi connectivity index (χ2n) is 4.69. The maximum absolute atomic E-state index is 10.7. The molecule has 0 aromatic carbocycles. The Labute approximate surface area is 138 Å². The lowest BCUT2D eigenvalue weighted by Crippen LogP contribution is -2.45. The van der Waals surface area contributed by atoms with E-state index in [1.807, 2.05) is 0 Å². The van der Waals surface area contributed by atoms with Crippen LogP contribution < -0.4 is 5.32 Å². The molecule has 0 aromatic heterocycles. The fourth-order valence-corrected chi connectivity index (χ4v) is 3.08. The van der Waals surface area contributed by atoms with Crippen molar-refractivity contribution in [3.8, 4) is 0 Å². The molecule has 106 valence electrons. The van der Waals surface area contributed by atoms with Crippen molar-refractivity contribution in [2.75, 3.05) is 43.8 Å². The molecule has 1 aliphatic rings. The average Bonchev–Trinajstić information content (AvgIpc) is 2.38. The predicted octanol–water partition coefficient (Wildman–Crippen LogP) is 2.70. The minimum Gasteiger partial charge on any atom is -0.348 e. The molecule has 1 fully saturated rings.